The Kier molecular flexibility index (Phi) is 4.18. The third kappa shape index (κ3) is 2.75. The third-order valence-corrected chi connectivity index (χ3v) is 4.60. The number of hydrogen-bond donors (Lipinski definition) is 1. The number of rotatable bonds is 4. The lowest BCUT2D eigenvalue weighted by Gasteiger charge is -2.11. The van der Waals surface area contributed by atoms with E-state index in [0.717, 1.165) is 0 Å². The minimum absolute atomic E-state index is 0.0111. The summed E-state index contributed by atoms with van der Waals surface area (Å²) in [4.78, 5) is 15.6. The average molecular weight is 389 g/mol. The molecule has 0 fully saturated rings. The Hall–Kier alpha value is -2.77. The number of nitrogens with zero attached hydrogens (tertiary/aromatic N) is 2. The van der Waals surface area contributed by atoms with Gasteiger partial charge < -0.3 is 9.84 Å². The largest absolute Gasteiger partial charge is 0.478 e. The predicted octanol–water partition coefficient (Wildman–Crippen LogP) is 5.71. The fourth-order valence-corrected chi connectivity index (χ4v) is 3.33. The van der Waals surface area contributed by atoms with Crippen molar-refractivity contribution >= 4 is 51.7 Å². The number of ether oxygens (including phenoxy) is 1. The zero-order valence-electron chi connectivity index (χ0n) is 13.0. The standard InChI is InChI=1S/C18H10ClFN2O3S/c19-16-9-15(13-7-8-22(26-20)17(13)21-16)25-14-6-2-3-10-11(14)4-1-5-12(10)18(23)24/h1-9H,(H,23,24). The number of carbonyl (C=O) groups is 1. The third-order valence-electron chi connectivity index (χ3n) is 3.96. The number of hydrogen-bond acceptors (Lipinski definition) is 4. The molecule has 1 N–H and O–H groups in total. The van der Waals surface area contributed by atoms with Crippen LogP contribution < -0.4 is 4.74 Å². The number of fused-ring (bicyclic) bond motifs is 2. The van der Waals surface area contributed by atoms with Crippen molar-refractivity contribution in [3.8, 4) is 11.5 Å². The first-order valence-corrected chi connectivity index (χ1v) is 8.53. The Morgan fingerprint density at radius 2 is 1.88 bits per heavy atom. The van der Waals surface area contributed by atoms with E-state index in [9.17, 15) is 13.8 Å². The number of carboxylic acids is 1. The molecule has 0 aliphatic heterocycles. The molecule has 0 unspecified atom stereocenters. The second-order valence-electron chi connectivity index (χ2n) is 5.45. The molecule has 4 rings (SSSR count). The minimum atomic E-state index is -1.01. The smallest absolute Gasteiger partial charge is 0.336 e. The van der Waals surface area contributed by atoms with Gasteiger partial charge in [0.1, 0.15) is 16.7 Å². The molecule has 0 saturated heterocycles. The van der Waals surface area contributed by atoms with Gasteiger partial charge in [0.2, 0.25) is 0 Å². The molecule has 0 bridgehead atoms. The highest BCUT2D eigenvalue weighted by Gasteiger charge is 2.15. The Bertz CT molecular complexity index is 1160. The van der Waals surface area contributed by atoms with Crippen molar-refractivity contribution in [1.82, 2.24) is 8.96 Å². The molecule has 26 heavy (non-hydrogen) atoms. The van der Waals surface area contributed by atoms with E-state index < -0.39 is 5.97 Å². The van der Waals surface area contributed by atoms with Gasteiger partial charge in [0.05, 0.1) is 10.9 Å². The maximum absolute atomic E-state index is 13.0. The van der Waals surface area contributed by atoms with Crippen LogP contribution in [0.5, 0.6) is 11.5 Å². The molecule has 5 nitrogen and oxygen atoms in total. The monoisotopic (exact) mass is 388 g/mol. The van der Waals surface area contributed by atoms with E-state index >= 15 is 0 Å². The maximum atomic E-state index is 13.0. The van der Waals surface area contributed by atoms with Crippen LogP contribution in [-0.4, -0.2) is 20.0 Å². The predicted molar refractivity (Wildman–Crippen MR) is 99.8 cm³/mol. The molecule has 0 spiro atoms. The van der Waals surface area contributed by atoms with E-state index in [0.29, 0.717) is 33.3 Å². The second kappa shape index (κ2) is 6.51. The topological polar surface area (TPSA) is 64.3 Å². The molecule has 0 saturated carbocycles. The van der Waals surface area contributed by atoms with Crippen molar-refractivity contribution in [3.05, 3.63) is 65.4 Å². The van der Waals surface area contributed by atoms with Crippen LogP contribution in [-0.2, 0) is 0 Å². The first-order valence-electron chi connectivity index (χ1n) is 7.48. The molecule has 2 heterocycles. The summed E-state index contributed by atoms with van der Waals surface area (Å²) in [7, 11) is 0. The van der Waals surface area contributed by atoms with Crippen molar-refractivity contribution in [2.75, 3.05) is 0 Å². The highest BCUT2D eigenvalue weighted by Crippen LogP contribution is 2.37. The van der Waals surface area contributed by atoms with Crippen molar-refractivity contribution in [2.45, 2.75) is 0 Å². The van der Waals surface area contributed by atoms with Crippen LogP contribution in [0.15, 0.2) is 54.7 Å². The summed E-state index contributed by atoms with van der Waals surface area (Å²) in [6.45, 7) is 0. The molecule has 0 atom stereocenters. The van der Waals surface area contributed by atoms with E-state index in [1.54, 1.807) is 36.4 Å². The fraction of sp³-hybridized carbons (Fsp3) is 0. The Balaban J connectivity index is 1.89. The second-order valence-corrected chi connectivity index (χ2v) is 6.37. The van der Waals surface area contributed by atoms with E-state index in [4.69, 9.17) is 16.3 Å². The van der Waals surface area contributed by atoms with Gasteiger partial charge in [-0.25, -0.2) is 13.8 Å². The van der Waals surface area contributed by atoms with Crippen molar-refractivity contribution in [1.29, 1.82) is 0 Å². The highest BCUT2D eigenvalue weighted by atomic mass is 35.5. The van der Waals surface area contributed by atoms with Crippen molar-refractivity contribution in [2.24, 2.45) is 0 Å². The number of halogens is 2. The zero-order valence-corrected chi connectivity index (χ0v) is 14.6. The molecule has 130 valence electrons. The summed E-state index contributed by atoms with van der Waals surface area (Å²) < 4.78 is 20.3. The number of carboxylic acid groups (broad SMARTS) is 1. The lowest BCUT2D eigenvalue weighted by atomic mass is 10.0. The van der Waals surface area contributed by atoms with Crippen LogP contribution in [0.4, 0.5) is 3.89 Å². The average Bonchev–Trinajstić information content (AvgIpc) is 3.04. The highest BCUT2D eigenvalue weighted by molar-refractivity contribution is 7.92. The molecule has 8 heteroatoms. The maximum Gasteiger partial charge on any atom is 0.336 e. The van der Waals surface area contributed by atoms with Crippen LogP contribution in [0.1, 0.15) is 10.4 Å². The first-order chi connectivity index (χ1) is 12.6. The Morgan fingerprint density at radius 1 is 1.12 bits per heavy atom. The number of aromatic carboxylic acids is 1. The quantitative estimate of drug-likeness (QED) is 0.453. The van der Waals surface area contributed by atoms with E-state index in [2.05, 4.69) is 4.98 Å². The SMILES string of the molecule is O=C(O)c1cccc2c(Oc3cc(Cl)nc4c3ccn4SF)cccc12. The number of aromatic nitrogens is 2. The Labute approximate surface area is 156 Å². The van der Waals surface area contributed by atoms with Gasteiger partial charge in [0, 0.05) is 17.6 Å². The van der Waals surface area contributed by atoms with Crippen LogP contribution in [0, 0.1) is 0 Å². The van der Waals surface area contributed by atoms with Gasteiger partial charge in [-0.15, -0.1) is 3.89 Å². The van der Waals surface area contributed by atoms with Gasteiger partial charge in [0.15, 0.2) is 18.0 Å². The van der Waals surface area contributed by atoms with Gasteiger partial charge in [-0.1, -0.05) is 35.9 Å². The number of benzene rings is 2. The fourth-order valence-electron chi connectivity index (χ4n) is 2.84. The molecule has 2 aromatic carbocycles. The summed E-state index contributed by atoms with van der Waals surface area (Å²) >= 11 is 6.06. The van der Waals surface area contributed by atoms with E-state index in [1.165, 1.54) is 22.3 Å². The first kappa shape index (κ1) is 16.7. The van der Waals surface area contributed by atoms with E-state index in [1.807, 2.05) is 0 Å². The minimum Gasteiger partial charge on any atom is -0.478 e. The molecular weight excluding hydrogens is 379 g/mol. The van der Waals surface area contributed by atoms with Crippen molar-refractivity contribution < 1.29 is 18.5 Å². The van der Waals surface area contributed by atoms with Crippen LogP contribution in [0.25, 0.3) is 21.8 Å². The molecular formula is C18H10ClFN2O3S. The summed E-state index contributed by atoms with van der Waals surface area (Å²) in [5.74, 6) is -0.144. The van der Waals surface area contributed by atoms with Gasteiger partial charge in [-0.2, -0.15) is 0 Å². The van der Waals surface area contributed by atoms with Crippen molar-refractivity contribution in [3.63, 3.8) is 0 Å². The Morgan fingerprint density at radius 3 is 2.65 bits per heavy atom. The normalized spacial score (nSPS) is 11.2. The van der Waals surface area contributed by atoms with Crippen LogP contribution >= 0.6 is 23.9 Å². The van der Waals surface area contributed by atoms with Gasteiger partial charge in [-0.05, 0) is 23.6 Å². The molecule has 0 aliphatic rings. The van der Waals surface area contributed by atoms with Gasteiger partial charge >= 0.3 is 5.97 Å². The molecule has 4 aromatic rings. The van der Waals surface area contributed by atoms with Crippen LogP contribution in [0.2, 0.25) is 5.15 Å². The number of pyridine rings is 1. The molecule has 2 aromatic heterocycles. The summed E-state index contributed by atoms with van der Waals surface area (Å²) in [5, 5.41) is 11.3. The lowest BCUT2D eigenvalue weighted by Crippen LogP contribution is -1.97. The van der Waals surface area contributed by atoms with Gasteiger partial charge in [-0.3, -0.25) is 0 Å². The lowest BCUT2D eigenvalue weighted by molar-refractivity contribution is 0.0699. The molecule has 0 radical (unpaired) electrons. The molecule has 0 aliphatic carbocycles. The molecule has 0 amide bonds. The zero-order chi connectivity index (χ0) is 18.3. The van der Waals surface area contributed by atoms with Crippen LogP contribution in [0.3, 0.4) is 0 Å². The summed E-state index contributed by atoms with van der Waals surface area (Å²) in [6.07, 6.45) is 1.52. The summed E-state index contributed by atoms with van der Waals surface area (Å²) in [6, 6.07) is 13.3. The van der Waals surface area contributed by atoms with E-state index in [-0.39, 0.29) is 23.1 Å². The van der Waals surface area contributed by atoms with Gasteiger partial charge in [0.25, 0.3) is 0 Å². The summed E-state index contributed by atoms with van der Waals surface area (Å²) in [5.41, 5.74) is 0.525.